The first-order valence-corrected chi connectivity index (χ1v) is 6.03. The summed E-state index contributed by atoms with van der Waals surface area (Å²) in [5.41, 5.74) is 5.68. The molecular formula is C10H16N6O2. The van der Waals surface area contributed by atoms with Gasteiger partial charge in [0.25, 0.3) is 0 Å². The van der Waals surface area contributed by atoms with E-state index in [9.17, 15) is 4.79 Å². The van der Waals surface area contributed by atoms with E-state index in [1.807, 2.05) is 9.80 Å². The van der Waals surface area contributed by atoms with E-state index in [1.54, 1.807) is 6.92 Å². The molecule has 8 heteroatoms. The van der Waals surface area contributed by atoms with Crippen LogP contribution in [0.3, 0.4) is 0 Å². The highest BCUT2D eigenvalue weighted by Gasteiger charge is 2.36. The number of carbonyl (C=O) groups is 1. The van der Waals surface area contributed by atoms with Crippen molar-refractivity contribution in [2.75, 3.05) is 31.1 Å². The van der Waals surface area contributed by atoms with Crippen molar-refractivity contribution < 1.29 is 9.21 Å². The molecule has 1 aromatic heterocycles. The molecule has 3 rings (SSSR count). The van der Waals surface area contributed by atoms with Crippen molar-refractivity contribution in [2.45, 2.75) is 19.0 Å². The molecular weight excluding hydrogens is 236 g/mol. The molecule has 2 aliphatic rings. The molecule has 2 aliphatic heterocycles. The first-order valence-electron chi connectivity index (χ1n) is 6.03. The van der Waals surface area contributed by atoms with Crippen LogP contribution in [0, 0.1) is 0 Å². The van der Waals surface area contributed by atoms with E-state index < -0.39 is 0 Å². The number of piperazine rings is 1. The Morgan fingerprint density at radius 2 is 2.33 bits per heavy atom. The van der Waals surface area contributed by atoms with Crippen molar-refractivity contribution in [1.29, 1.82) is 0 Å². The fourth-order valence-corrected chi connectivity index (χ4v) is 2.32. The minimum atomic E-state index is -0.262. The molecule has 2 fully saturated rings. The predicted molar refractivity (Wildman–Crippen MR) is 63.0 cm³/mol. The van der Waals surface area contributed by atoms with Crippen LogP contribution in [0.5, 0.6) is 0 Å². The van der Waals surface area contributed by atoms with E-state index >= 15 is 0 Å². The maximum Gasteiger partial charge on any atom is 0.318 e. The van der Waals surface area contributed by atoms with Crippen molar-refractivity contribution in [3.05, 3.63) is 5.89 Å². The SMILES string of the molecule is CC(N)c1nnc(N2CCN3C(=O)NCC3C2)o1. The largest absolute Gasteiger partial charge is 0.406 e. The van der Waals surface area contributed by atoms with Crippen LogP contribution in [0.4, 0.5) is 10.8 Å². The molecule has 2 amide bonds. The third-order valence-corrected chi connectivity index (χ3v) is 3.32. The van der Waals surface area contributed by atoms with Crippen LogP contribution < -0.4 is 16.0 Å². The van der Waals surface area contributed by atoms with Crippen molar-refractivity contribution in [1.82, 2.24) is 20.4 Å². The molecule has 0 spiro atoms. The number of anilines is 1. The van der Waals surface area contributed by atoms with Crippen LogP contribution in [-0.2, 0) is 0 Å². The molecule has 0 aromatic carbocycles. The Labute approximate surface area is 104 Å². The molecule has 3 N–H and O–H groups in total. The zero-order valence-electron chi connectivity index (χ0n) is 10.2. The molecule has 0 radical (unpaired) electrons. The lowest BCUT2D eigenvalue weighted by molar-refractivity contribution is 0.196. The van der Waals surface area contributed by atoms with Crippen LogP contribution in [0.15, 0.2) is 4.42 Å². The number of aromatic nitrogens is 2. The van der Waals surface area contributed by atoms with Gasteiger partial charge in [-0.25, -0.2) is 4.79 Å². The van der Waals surface area contributed by atoms with E-state index in [2.05, 4.69) is 15.5 Å². The van der Waals surface area contributed by atoms with E-state index in [1.165, 1.54) is 0 Å². The molecule has 3 heterocycles. The highest BCUT2D eigenvalue weighted by Crippen LogP contribution is 2.21. The Balaban J connectivity index is 1.72. The molecule has 0 saturated carbocycles. The van der Waals surface area contributed by atoms with Crippen LogP contribution in [0.1, 0.15) is 18.9 Å². The molecule has 0 bridgehead atoms. The first kappa shape index (κ1) is 11.3. The summed E-state index contributed by atoms with van der Waals surface area (Å²) in [6, 6.07) is 0.418. The number of amides is 2. The van der Waals surface area contributed by atoms with E-state index in [4.69, 9.17) is 10.2 Å². The summed E-state index contributed by atoms with van der Waals surface area (Å²) in [7, 11) is 0. The summed E-state index contributed by atoms with van der Waals surface area (Å²) in [4.78, 5) is 15.3. The monoisotopic (exact) mass is 252 g/mol. The predicted octanol–water partition coefficient (Wildman–Crippen LogP) is -0.697. The van der Waals surface area contributed by atoms with Gasteiger partial charge in [-0.2, -0.15) is 0 Å². The summed E-state index contributed by atoms with van der Waals surface area (Å²) in [5, 5.41) is 10.7. The Hall–Kier alpha value is -1.83. The van der Waals surface area contributed by atoms with Gasteiger partial charge in [0.1, 0.15) is 0 Å². The molecule has 0 aliphatic carbocycles. The minimum Gasteiger partial charge on any atom is -0.406 e. The van der Waals surface area contributed by atoms with Gasteiger partial charge in [0.15, 0.2) is 0 Å². The summed E-state index contributed by atoms with van der Waals surface area (Å²) in [5.74, 6) is 0.438. The third kappa shape index (κ3) is 1.78. The summed E-state index contributed by atoms with van der Waals surface area (Å²) in [6.07, 6.45) is 0. The van der Waals surface area contributed by atoms with Gasteiger partial charge in [0.2, 0.25) is 5.89 Å². The van der Waals surface area contributed by atoms with Crippen LogP contribution >= 0.6 is 0 Å². The maximum absolute atomic E-state index is 11.5. The number of carbonyl (C=O) groups excluding carboxylic acids is 1. The van der Waals surface area contributed by atoms with Gasteiger partial charge in [0, 0.05) is 26.2 Å². The van der Waals surface area contributed by atoms with Crippen molar-refractivity contribution in [3.8, 4) is 0 Å². The molecule has 2 unspecified atom stereocenters. The Morgan fingerprint density at radius 3 is 3.06 bits per heavy atom. The summed E-state index contributed by atoms with van der Waals surface area (Å²) in [6.45, 7) is 4.55. The Morgan fingerprint density at radius 1 is 1.50 bits per heavy atom. The smallest absolute Gasteiger partial charge is 0.318 e. The number of hydrogen-bond donors (Lipinski definition) is 2. The normalized spacial score (nSPS) is 25.0. The average Bonchev–Trinajstić information content (AvgIpc) is 2.96. The lowest BCUT2D eigenvalue weighted by atomic mass is 10.2. The standard InChI is InChI=1S/C10H16N6O2/c1-6(11)8-13-14-10(18-8)15-2-3-16-7(5-15)4-12-9(16)17/h6-7H,2-5,11H2,1H3,(H,12,17). The van der Waals surface area contributed by atoms with E-state index in [-0.39, 0.29) is 18.1 Å². The topological polar surface area (TPSA) is 101 Å². The number of rotatable bonds is 2. The summed E-state index contributed by atoms with van der Waals surface area (Å²) >= 11 is 0. The molecule has 8 nitrogen and oxygen atoms in total. The minimum absolute atomic E-state index is 0.0152. The number of fused-ring (bicyclic) bond motifs is 1. The quantitative estimate of drug-likeness (QED) is 0.722. The lowest BCUT2D eigenvalue weighted by Gasteiger charge is -2.35. The number of hydrogen-bond acceptors (Lipinski definition) is 6. The van der Waals surface area contributed by atoms with Gasteiger partial charge in [-0.3, -0.25) is 0 Å². The Kier molecular flexibility index (Phi) is 2.58. The summed E-state index contributed by atoms with van der Waals surface area (Å²) < 4.78 is 5.51. The molecule has 2 atom stereocenters. The maximum atomic E-state index is 11.5. The van der Waals surface area contributed by atoms with Crippen LogP contribution in [0.2, 0.25) is 0 Å². The van der Waals surface area contributed by atoms with E-state index in [0.717, 1.165) is 0 Å². The van der Waals surface area contributed by atoms with Gasteiger partial charge in [-0.05, 0) is 6.92 Å². The van der Waals surface area contributed by atoms with E-state index in [0.29, 0.717) is 38.1 Å². The molecule has 2 saturated heterocycles. The van der Waals surface area contributed by atoms with Gasteiger partial charge < -0.3 is 25.3 Å². The zero-order valence-corrected chi connectivity index (χ0v) is 10.2. The molecule has 18 heavy (non-hydrogen) atoms. The zero-order chi connectivity index (χ0) is 12.7. The fourth-order valence-electron chi connectivity index (χ4n) is 2.32. The average molecular weight is 252 g/mol. The second kappa shape index (κ2) is 4.13. The van der Waals surface area contributed by atoms with Crippen LogP contribution in [-0.4, -0.2) is 53.3 Å². The van der Waals surface area contributed by atoms with Crippen LogP contribution in [0.25, 0.3) is 0 Å². The number of nitrogens with one attached hydrogen (secondary N) is 1. The Bertz CT molecular complexity index is 459. The molecule has 98 valence electrons. The van der Waals surface area contributed by atoms with Gasteiger partial charge in [-0.15, -0.1) is 5.10 Å². The second-order valence-electron chi connectivity index (χ2n) is 4.69. The number of urea groups is 1. The second-order valence-corrected chi connectivity index (χ2v) is 4.69. The van der Waals surface area contributed by atoms with Crippen molar-refractivity contribution in [3.63, 3.8) is 0 Å². The van der Waals surface area contributed by atoms with Crippen molar-refractivity contribution >= 4 is 12.0 Å². The first-order chi connectivity index (χ1) is 8.65. The fraction of sp³-hybridized carbons (Fsp3) is 0.700. The number of nitrogens with zero attached hydrogens (tertiary/aromatic N) is 4. The highest BCUT2D eigenvalue weighted by molar-refractivity contribution is 5.77. The lowest BCUT2D eigenvalue weighted by Crippen LogP contribution is -2.52. The van der Waals surface area contributed by atoms with Gasteiger partial charge >= 0.3 is 12.0 Å². The van der Waals surface area contributed by atoms with Crippen molar-refractivity contribution in [2.24, 2.45) is 5.73 Å². The van der Waals surface area contributed by atoms with Gasteiger partial charge in [0.05, 0.1) is 12.1 Å². The highest BCUT2D eigenvalue weighted by atomic mass is 16.4. The van der Waals surface area contributed by atoms with Gasteiger partial charge in [-0.1, -0.05) is 5.10 Å². The number of nitrogens with two attached hydrogens (primary N) is 1. The third-order valence-electron chi connectivity index (χ3n) is 3.32. The molecule has 1 aromatic rings.